The fourth-order valence-electron chi connectivity index (χ4n) is 1.56. The molecule has 0 N–H and O–H groups in total. The van der Waals surface area contributed by atoms with Crippen molar-refractivity contribution in [3.8, 4) is 11.6 Å². The number of hydrogen-bond donors (Lipinski definition) is 0. The minimum atomic E-state index is 0.363. The zero-order valence-corrected chi connectivity index (χ0v) is 11.6. The lowest BCUT2D eigenvalue weighted by molar-refractivity contribution is 0.459. The van der Waals surface area contributed by atoms with Crippen LogP contribution in [0.15, 0.2) is 24.3 Å². The van der Waals surface area contributed by atoms with E-state index in [1.807, 2.05) is 19.1 Å². The maximum atomic E-state index is 6.05. The molecular formula is C13H12Cl2N2O. The maximum absolute atomic E-state index is 6.05. The Morgan fingerprint density at radius 1 is 1.17 bits per heavy atom. The summed E-state index contributed by atoms with van der Waals surface area (Å²) in [6.45, 7) is 3.80. The third kappa shape index (κ3) is 3.12. The van der Waals surface area contributed by atoms with E-state index in [9.17, 15) is 0 Å². The lowest BCUT2D eigenvalue weighted by atomic mass is 10.1. The molecule has 1 heterocycles. The molecule has 0 amide bonds. The molecule has 0 atom stereocenters. The van der Waals surface area contributed by atoms with Gasteiger partial charge in [0.05, 0.1) is 0 Å². The van der Waals surface area contributed by atoms with Crippen molar-refractivity contribution in [1.82, 2.24) is 9.97 Å². The van der Waals surface area contributed by atoms with Crippen molar-refractivity contribution in [3.05, 3.63) is 45.8 Å². The van der Waals surface area contributed by atoms with Crippen molar-refractivity contribution >= 4 is 23.2 Å². The first kappa shape index (κ1) is 13.1. The Morgan fingerprint density at radius 2 is 1.94 bits per heavy atom. The number of aryl methyl sites for hydroxylation is 2. The highest BCUT2D eigenvalue weighted by atomic mass is 35.5. The smallest absolute Gasteiger partial charge is 0.224 e. The third-order valence-corrected chi connectivity index (χ3v) is 2.97. The van der Waals surface area contributed by atoms with Crippen molar-refractivity contribution in [2.75, 3.05) is 0 Å². The average Bonchev–Trinajstić information content (AvgIpc) is 2.30. The van der Waals surface area contributed by atoms with Gasteiger partial charge in [-0.1, -0.05) is 30.1 Å². The Labute approximate surface area is 116 Å². The van der Waals surface area contributed by atoms with E-state index in [-0.39, 0.29) is 0 Å². The van der Waals surface area contributed by atoms with Crippen LogP contribution in [0.2, 0.25) is 10.2 Å². The first-order valence-electron chi connectivity index (χ1n) is 5.56. The van der Waals surface area contributed by atoms with Gasteiger partial charge in [0.15, 0.2) is 0 Å². The van der Waals surface area contributed by atoms with Crippen molar-refractivity contribution in [2.24, 2.45) is 0 Å². The number of ether oxygens (including phenoxy) is 1. The zero-order valence-electron chi connectivity index (χ0n) is 10.1. The van der Waals surface area contributed by atoms with Crippen molar-refractivity contribution in [3.63, 3.8) is 0 Å². The first-order chi connectivity index (χ1) is 8.58. The quantitative estimate of drug-likeness (QED) is 0.781. The normalized spacial score (nSPS) is 10.4. The molecule has 5 heteroatoms. The van der Waals surface area contributed by atoms with E-state index in [4.69, 9.17) is 27.9 Å². The number of benzene rings is 1. The maximum Gasteiger partial charge on any atom is 0.224 e. The number of hydrogen-bond acceptors (Lipinski definition) is 3. The van der Waals surface area contributed by atoms with Gasteiger partial charge in [-0.05, 0) is 37.1 Å². The molecule has 0 aliphatic carbocycles. The number of rotatable bonds is 3. The van der Waals surface area contributed by atoms with E-state index in [0.29, 0.717) is 22.6 Å². The van der Waals surface area contributed by atoms with E-state index in [2.05, 4.69) is 9.97 Å². The summed E-state index contributed by atoms with van der Waals surface area (Å²) in [6, 6.07) is 7.08. The Morgan fingerprint density at radius 3 is 2.61 bits per heavy atom. The van der Waals surface area contributed by atoms with Gasteiger partial charge in [0, 0.05) is 11.1 Å². The predicted molar refractivity (Wildman–Crippen MR) is 72.7 cm³/mol. The minimum absolute atomic E-state index is 0.363. The standard InChI is InChI=1S/C13H12Cl2N2O/c1-3-9-6-10(4-5-11(9)14)18-13-7-12(15)16-8(2)17-13/h4-7H,3H2,1-2H3. The highest BCUT2D eigenvalue weighted by molar-refractivity contribution is 6.31. The predicted octanol–water partition coefficient (Wildman–Crippen LogP) is 4.45. The van der Waals surface area contributed by atoms with E-state index in [1.165, 1.54) is 0 Å². The molecule has 0 bridgehead atoms. The first-order valence-corrected chi connectivity index (χ1v) is 6.31. The van der Waals surface area contributed by atoms with Gasteiger partial charge < -0.3 is 4.74 Å². The van der Waals surface area contributed by atoms with E-state index < -0.39 is 0 Å². The highest BCUT2D eigenvalue weighted by Gasteiger charge is 2.05. The number of nitrogens with zero attached hydrogens (tertiary/aromatic N) is 2. The van der Waals surface area contributed by atoms with Crippen LogP contribution in [0.1, 0.15) is 18.3 Å². The van der Waals surface area contributed by atoms with Crippen LogP contribution < -0.4 is 4.74 Å². The van der Waals surface area contributed by atoms with E-state index in [0.717, 1.165) is 17.0 Å². The molecule has 0 fully saturated rings. The van der Waals surface area contributed by atoms with Crippen molar-refractivity contribution in [2.45, 2.75) is 20.3 Å². The molecule has 2 aromatic rings. The fraction of sp³-hybridized carbons (Fsp3) is 0.231. The zero-order chi connectivity index (χ0) is 13.1. The Hall–Kier alpha value is -1.32. The monoisotopic (exact) mass is 282 g/mol. The summed E-state index contributed by atoms with van der Waals surface area (Å²) in [5.41, 5.74) is 1.03. The second kappa shape index (κ2) is 5.55. The topological polar surface area (TPSA) is 35.0 Å². The van der Waals surface area contributed by atoms with Crippen LogP contribution in [-0.4, -0.2) is 9.97 Å². The fourth-order valence-corrected chi connectivity index (χ4v) is 2.03. The molecule has 2 rings (SSSR count). The van der Waals surface area contributed by atoms with Gasteiger partial charge in [0.2, 0.25) is 5.88 Å². The van der Waals surface area contributed by atoms with Crippen LogP contribution in [0.4, 0.5) is 0 Å². The van der Waals surface area contributed by atoms with Gasteiger partial charge in [0.25, 0.3) is 0 Å². The molecular weight excluding hydrogens is 271 g/mol. The molecule has 0 radical (unpaired) electrons. The van der Waals surface area contributed by atoms with Crippen LogP contribution in [0.5, 0.6) is 11.6 Å². The van der Waals surface area contributed by atoms with Crippen molar-refractivity contribution < 1.29 is 4.74 Å². The molecule has 1 aromatic carbocycles. The summed E-state index contributed by atoms with van der Waals surface area (Å²) >= 11 is 11.9. The molecule has 0 saturated carbocycles. The second-order valence-electron chi connectivity index (χ2n) is 3.78. The molecule has 0 unspecified atom stereocenters. The van der Waals surface area contributed by atoms with Crippen LogP contribution in [0.25, 0.3) is 0 Å². The SMILES string of the molecule is CCc1cc(Oc2cc(Cl)nc(C)n2)ccc1Cl. The van der Waals surface area contributed by atoms with Gasteiger partial charge in [-0.2, -0.15) is 4.98 Å². The van der Waals surface area contributed by atoms with Crippen molar-refractivity contribution in [1.29, 1.82) is 0 Å². The summed E-state index contributed by atoms with van der Waals surface area (Å²) in [4.78, 5) is 8.13. The van der Waals surface area contributed by atoms with E-state index >= 15 is 0 Å². The van der Waals surface area contributed by atoms with Gasteiger partial charge in [-0.3, -0.25) is 0 Å². The second-order valence-corrected chi connectivity index (χ2v) is 4.58. The third-order valence-electron chi connectivity index (χ3n) is 2.40. The lowest BCUT2D eigenvalue weighted by Crippen LogP contribution is -1.94. The summed E-state index contributed by atoms with van der Waals surface area (Å²) in [5, 5.41) is 1.10. The van der Waals surface area contributed by atoms with E-state index in [1.54, 1.807) is 19.1 Å². The Kier molecular flexibility index (Phi) is 4.04. The largest absolute Gasteiger partial charge is 0.439 e. The van der Waals surface area contributed by atoms with Crippen LogP contribution in [-0.2, 0) is 6.42 Å². The Balaban J connectivity index is 2.28. The summed E-state index contributed by atoms with van der Waals surface area (Å²) in [7, 11) is 0. The molecule has 0 aliphatic heterocycles. The molecule has 0 aliphatic rings. The number of aromatic nitrogens is 2. The van der Waals surface area contributed by atoms with Gasteiger partial charge in [-0.15, -0.1) is 0 Å². The minimum Gasteiger partial charge on any atom is -0.439 e. The van der Waals surface area contributed by atoms with Gasteiger partial charge in [-0.25, -0.2) is 4.98 Å². The van der Waals surface area contributed by atoms with Crippen LogP contribution in [0, 0.1) is 6.92 Å². The molecule has 3 nitrogen and oxygen atoms in total. The molecule has 1 aromatic heterocycles. The lowest BCUT2D eigenvalue weighted by Gasteiger charge is -2.08. The summed E-state index contributed by atoms with van der Waals surface area (Å²) in [5.74, 6) is 1.68. The summed E-state index contributed by atoms with van der Waals surface area (Å²) in [6.07, 6.45) is 0.847. The molecule has 94 valence electrons. The van der Waals surface area contributed by atoms with Gasteiger partial charge >= 0.3 is 0 Å². The molecule has 0 saturated heterocycles. The Bertz CT molecular complexity index is 553. The van der Waals surface area contributed by atoms with Gasteiger partial charge in [0.1, 0.15) is 16.7 Å². The van der Waals surface area contributed by atoms with Crippen LogP contribution in [0.3, 0.4) is 0 Å². The molecule has 18 heavy (non-hydrogen) atoms. The molecule has 0 spiro atoms. The van der Waals surface area contributed by atoms with Crippen LogP contribution >= 0.6 is 23.2 Å². The summed E-state index contributed by atoms with van der Waals surface area (Å²) < 4.78 is 5.64. The highest BCUT2D eigenvalue weighted by Crippen LogP contribution is 2.26. The average molecular weight is 283 g/mol. The number of halogens is 2.